The molecule has 0 heterocycles. The molecule has 0 aromatic rings. The van der Waals surface area contributed by atoms with Gasteiger partial charge in [-0.2, -0.15) is 0 Å². The van der Waals surface area contributed by atoms with Gasteiger partial charge in [-0.1, -0.05) is 26.7 Å². The standard InChI is InChI=1S/C15H31NO/c1-4-11-16-15(6-5-12-17-3)14-9-7-13(2)8-10-14/h13-16H,4-12H2,1-3H3. The molecule has 17 heavy (non-hydrogen) atoms. The molecule has 0 spiro atoms. The first kappa shape index (κ1) is 15.0. The first-order valence-corrected chi connectivity index (χ1v) is 7.50. The van der Waals surface area contributed by atoms with Crippen LogP contribution in [0.1, 0.15) is 58.8 Å². The fourth-order valence-electron chi connectivity index (χ4n) is 2.97. The maximum absolute atomic E-state index is 5.17. The molecule has 0 saturated heterocycles. The average Bonchev–Trinajstić information content (AvgIpc) is 2.35. The van der Waals surface area contributed by atoms with Gasteiger partial charge in [-0.3, -0.25) is 0 Å². The van der Waals surface area contributed by atoms with Crippen molar-refractivity contribution in [3.05, 3.63) is 0 Å². The summed E-state index contributed by atoms with van der Waals surface area (Å²) >= 11 is 0. The highest BCUT2D eigenvalue weighted by Gasteiger charge is 2.25. The van der Waals surface area contributed by atoms with Crippen LogP contribution in [0.2, 0.25) is 0 Å². The van der Waals surface area contributed by atoms with E-state index in [0.717, 1.165) is 24.5 Å². The molecule has 0 radical (unpaired) electrons. The lowest BCUT2D eigenvalue weighted by Gasteiger charge is -2.33. The van der Waals surface area contributed by atoms with E-state index < -0.39 is 0 Å². The SMILES string of the molecule is CCCNC(CCCOC)C1CCC(C)CC1. The Morgan fingerprint density at radius 3 is 2.53 bits per heavy atom. The van der Waals surface area contributed by atoms with Gasteiger partial charge in [-0.05, 0) is 50.5 Å². The van der Waals surface area contributed by atoms with Crippen molar-refractivity contribution in [1.29, 1.82) is 0 Å². The fourth-order valence-corrected chi connectivity index (χ4v) is 2.97. The number of hydrogen-bond donors (Lipinski definition) is 1. The molecule has 0 aliphatic heterocycles. The van der Waals surface area contributed by atoms with Gasteiger partial charge < -0.3 is 10.1 Å². The number of nitrogens with one attached hydrogen (secondary N) is 1. The summed E-state index contributed by atoms with van der Waals surface area (Å²) in [7, 11) is 1.80. The minimum atomic E-state index is 0.734. The molecule has 102 valence electrons. The molecule has 1 aliphatic carbocycles. The van der Waals surface area contributed by atoms with Crippen LogP contribution in [0.25, 0.3) is 0 Å². The second-order valence-corrected chi connectivity index (χ2v) is 5.72. The molecule has 1 saturated carbocycles. The largest absolute Gasteiger partial charge is 0.385 e. The number of ether oxygens (including phenoxy) is 1. The summed E-state index contributed by atoms with van der Waals surface area (Å²) in [4.78, 5) is 0. The summed E-state index contributed by atoms with van der Waals surface area (Å²) < 4.78 is 5.17. The van der Waals surface area contributed by atoms with Gasteiger partial charge in [0, 0.05) is 19.8 Å². The third kappa shape index (κ3) is 5.87. The highest BCUT2D eigenvalue weighted by molar-refractivity contribution is 4.81. The number of hydrogen-bond acceptors (Lipinski definition) is 2. The van der Waals surface area contributed by atoms with Crippen molar-refractivity contribution < 1.29 is 4.74 Å². The summed E-state index contributed by atoms with van der Waals surface area (Å²) in [6, 6.07) is 0.734. The Morgan fingerprint density at radius 1 is 1.24 bits per heavy atom. The van der Waals surface area contributed by atoms with E-state index in [4.69, 9.17) is 4.74 Å². The molecule has 2 nitrogen and oxygen atoms in total. The maximum atomic E-state index is 5.17. The molecule has 0 aromatic carbocycles. The van der Waals surface area contributed by atoms with E-state index in [-0.39, 0.29) is 0 Å². The van der Waals surface area contributed by atoms with E-state index in [2.05, 4.69) is 19.2 Å². The second kappa shape index (κ2) is 8.93. The van der Waals surface area contributed by atoms with E-state index in [1.807, 2.05) is 0 Å². The zero-order valence-electron chi connectivity index (χ0n) is 12.0. The van der Waals surface area contributed by atoms with Gasteiger partial charge in [0.1, 0.15) is 0 Å². The van der Waals surface area contributed by atoms with Gasteiger partial charge in [0.2, 0.25) is 0 Å². The van der Waals surface area contributed by atoms with Crippen molar-refractivity contribution >= 4 is 0 Å². The molecule has 0 bridgehead atoms. The Labute approximate surface area is 108 Å². The minimum Gasteiger partial charge on any atom is -0.385 e. The molecular formula is C15H31NO. The van der Waals surface area contributed by atoms with Crippen LogP contribution in [0.3, 0.4) is 0 Å². The molecule has 0 aromatic heterocycles. The van der Waals surface area contributed by atoms with Crippen molar-refractivity contribution in [3.63, 3.8) is 0 Å². The molecule has 1 unspecified atom stereocenters. The van der Waals surface area contributed by atoms with E-state index >= 15 is 0 Å². The van der Waals surface area contributed by atoms with Crippen LogP contribution >= 0.6 is 0 Å². The monoisotopic (exact) mass is 241 g/mol. The van der Waals surface area contributed by atoms with Crippen LogP contribution in [-0.2, 0) is 4.74 Å². The highest BCUT2D eigenvalue weighted by Crippen LogP contribution is 2.31. The van der Waals surface area contributed by atoms with Gasteiger partial charge in [-0.15, -0.1) is 0 Å². The second-order valence-electron chi connectivity index (χ2n) is 5.72. The fraction of sp³-hybridized carbons (Fsp3) is 1.00. The predicted molar refractivity (Wildman–Crippen MR) is 74.3 cm³/mol. The molecule has 1 rings (SSSR count). The zero-order valence-corrected chi connectivity index (χ0v) is 12.0. The van der Waals surface area contributed by atoms with Gasteiger partial charge in [0.05, 0.1) is 0 Å². The third-order valence-electron chi connectivity index (χ3n) is 4.15. The van der Waals surface area contributed by atoms with Gasteiger partial charge in [-0.25, -0.2) is 0 Å². The first-order chi connectivity index (χ1) is 8.27. The van der Waals surface area contributed by atoms with Crippen LogP contribution in [-0.4, -0.2) is 26.3 Å². The highest BCUT2D eigenvalue weighted by atomic mass is 16.5. The number of rotatable bonds is 8. The van der Waals surface area contributed by atoms with Crippen LogP contribution in [0.5, 0.6) is 0 Å². The van der Waals surface area contributed by atoms with Crippen molar-refractivity contribution in [3.8, 4) is 0 Å². The predicted octanol–water partition coefficient (Wildman–Crippen LogP) is 3.61. The maximum Gasteiger partial charge on any atom is 0.0462 e. The molecule has 1 atom stereocenters. The Kier molecular flexibility index (Phi) is 7.87. The van der Waals surface area contributed by atoms with Crippen LogP contribution in [0, 0.1) is 11.8 Å². The minimum absolute atomic E-state index is 0.734. The summed E-state index contributed by atoms with van der Waals surface area (Å²) in [6.07, 6.45) is 9.43. The Bertz CT molecular complexity index is 176. The molecule has 1 aliphatic rings. The lowest BCUT2D eigenvalue weighted by atomic mass is 9.78. The molecule has 2 heteroatoms. The summed E-state index contributed by atoms with van der Waals surface area (Å²) in [6.45, 7) is 6.73. The van der Waals surface area contributed by atoms with E-state index in [1.165, 1.54) is 51.5 Å². The van der Waals surface area contributed by atoms with Crippen LogP contribution in [0.4, 0.5) is 0 Å². The van der Waals surface area contributed by atoms with Crippen molar-refractivity contribution in [2.45, 2.75) is 64.8 Å². The zero-order chi connectivity index (χ0) is 12.5. The Morgan fingerprint density at radius 2 is 1.94 bits per heavy atom. The van der Waals surface area contributed by atoms with Gasteiger partial charge in [0.15, 0.2) is 0 Å². The van der Waals surface area contributed by atoms with Crippen molar-refractivity contribution in [2.75, 3.05) is 20.3 Å². The number of methoxy groups -OCH3 is 1. The lowest BCUT2D eigenvalue weighted by Crippen LogP contribution is -2.38. The van der Waals surface area contributed by atoms with Crippen molar-refractivity contribution in [1.82, 2.24) is 5.32 Å². The summed E-state index contributed by atoms with van der Waals surface area (Å²) in [5, 5.41) is 3.76. The molecule has 1 N–H and O–H groups in total. The Balaban J connectivity index is 2.32. The first-order valence-electron chi connectivity index (χ1n) is 7.50. The molecule has 0 amide bonds. The van der Waals surface area contributed by atoms with E-state index in [9.17, 15) is 0 Å². The van der Waals surface area contributed by atoms with Gasteiger partial charge >= 0.3 is 0 Å². The van der Waals surface area contributed by atoms with Crippen molar-refractivity contribution in [2.24, 2.45) is 11.8 Å². The summed E-state index contributed by atoms with van der Waals surface area (Å²) in [5.74, 6) is 1.87. The molecule has 1 fully saturated rings. The smallest absolute Gasteiger partial charge is 0.0462 e. The lowest BCUT2D eigenvalue weighted by molar-refractivity contribution is 0.172. The van der Waals surface area contributed by atoms with E-state index in [0.29, 0.717) is 0 Å². The van der Waals surface area contributed by atoms with Gasteiger partial charge in [0.25, 0.3) is 0 Å². The summed E-state index contributed by atoms with van der Waals surface area (Å²) in [5.41, 5.74) is 0. The Hall–Kier alpha value is -0.0800. The third-order valence-corrected chi connectivity index (χ3v) is 4.15. The van der Waals surface area contributed by atoms with Crippen LogP contribution < -0.4 is 5.32 Å². The van der Waals surface area contributed by atoms with Crippen LogP contribution in [0.15, 0.2) is 0 Å². The normalized spacial score (nSPS) is 27.0. The quantitative estimate of drug-likeness (QED) is 0.656. The topological polar surface area (TPSA) is 21.3 Å². The van der Waals surface area contributed by atoms with E-state index in [1.54, 1.807) is 7.11 Å². The molecular weight excluding hydrogens is 210 g/mol. The average molecular weight is 241 g/mol.